The quantitative estimate of drug-likeness (QED) is 0.472. The Morgan fingerprint density at radius 3 is 2.34 bits per heavy atom. The molecule has 4 nitrogen and oxygen atoms in total. The van der Waals surface area contributed by atoms with Crippen molar-refractivity contribution in [1.29, 1.82) is 0 Å². The number of hydrogen-bond acceptors (Lipinski definition) is 3. The first-order valence-electron chi connectivity index (χ1n) is 10.8. The third-order valence-corrected chi connectivity index (χ3v) is 7.38. The monoisotopic (exact) mass is 470 g/mol. The van der Waals surface area contributed by atoms with Crippen molar-refractivity contribution in [1.82, 2.24) is 10.2 Å². The molecule has 1 fully saturated rings. The van der Waals surface area contributed by atoms with Crippen LogP contribution in [0.4, 0.5) is 0 Å². The van der Waals surface area contributed by atoms with E-state index in [9.17, 15) is 9.59 Å². The van der Waals surface area contributed by atoms with E-state index in [0.717, 1.165) is 28.0 Å². The van der Waals surface area contributed by atoms with E-state index in [-0.39, 0.29) is 25.2 Å². The van der Waals surface area contributed by atoms with E-state index in [0.29, 0.717) is 23.9 Å². The lowest BCUT2D eigenvalue weighted by Gasteiger charge is -2.35. The molecule has 0 spiro atoms. The number of piperidine rings is 1. The topological polar surface area (TPSA) is 49.4 Å². The number of likely N-dealkylation sites (tertiary alicyclic amines) is 1. The third kappa shape index (κ3) is 5.33. The maximum Gasteiger partial charge on any atom is 0.262 e. The maximum absolute atomic E-state index is 13.3. The number of halogens is 1. The largest absolute Gasteiger partial charge is 0.341 e. The molecule has 170 valence electrons. The number of nitrogens with zero attached hydrogens (tertiary/aromatic N) is 1. The Balaban J connectivity index is 0.00000289. The molecule has 1 aliphatic rings. The number of benzene rings is 2. The number of fused-ring (bicyclic) bond motifs is 1. The Kier molecular flexibility index (Phi) is 7.96. The molecule has 1 aliphatic heterocycles. The van der Waals surface area contributed by atoms with E-state index in [4.69, 9.17) is 11.6 Å². The molecule has 2 amide bonds. The first-order valence-corrected chi connectivity index (χ1v) is 12.0. The molecule has 2 heterocycles. The number of amides is 2. The van der Waals surface area contributed by atoms with Crippen molar-refractivity contribution in [3.63, 3.8) is 0 Å². The van der Waals surface area contributed by atoms with Crippen LogP contribution in [0, 0.1) is 5.92 Å². The van der Waals surface area contributed by atoms with Crippen LogP contribution in [0.2, 0.25) is 5.02 Å². The fourth-order valence-electron chi connectivity index (χ4n) is 4.18. The summed E-state index contributed by atoms with van der Waals surface area (Å²) >= 11 is 7.46. The van der Waals surface area contributed by atoms with E-state index >= 15 is 0 Å². The van der Waals surface area contributed by atoms with Crippen LogP contribution in [-0.2, 0) is 4.79 Å². The molecule has 32 heavy (non-hydrogen) atoms. The van der Waals surface area contributed by atoms with Crippen molar-refractivity contribution >= 4 is 44.8 Å². The first kappa shape index (κ1) is 24.3. The lowest BCUT2D eigenvalue weighted by atomic mass is 9.89. The Labute approximate surface area is 199 Å². The summed E-state index contributed by atoms with van der Waals surface area (Å²) in [7, 11) is 0. The second-order valence-corrected chi connectivity index (χ2v) is 10.0. The van der Waals surface area contributed by atoms with E-state index in [1.54, 1.807) is 0 Å². The summed E-state index contributed by atoms with van der Waals surface area (Å²) in [6.45, 7) is 5.37. The van der Waals surface area contributed by atoms with Gasteiger partial charge < -0.3 is 10.2 Å². The highest BCUT2D eigenvalue weighted by molar-refractivity contribution is 7.20. The Bertz CT molecular complexity index is 1040. The maximum atomic E-state index is 13.3. The van der Waals surface area contributed by atoms with Gasteiger partial charge in [0.25, 0.3) is 5.91 Å². The normalized spacial score (nSPS) is 15.4. The summed E-state index contributed by atoms with van der Waals surface area (Å²) in [5.41, 5.74) is 1.27. The molecule has 4 rings (SSSR count). The van der Waals surface area contributed by atoms with Crippen LogP contribution in [0.3, 0.4) is 0 Å². The zero-order chi connectivity index (χ0) is 22.0. The number of thiophene rings is 1. The highest BCUT2D eigenvalue weighted by Gasteiger charge is 2.32. The van der Waals surface area contributed by atoms with E-state index in [1.165, 1.54) is 16.9 Å². The number of carbonyl (C=O) groups is 2. The molecule has 1 saturated heterocycles. The van der Waals surface area contributed by atoms with Crippen LogP contribution in [0.5, 0.6) is 0 Å². The molecule has 1 aromatic heterocycles. The van der Waals surface area contributed by atoms with Gasteiger partial charge in [-0.1, -0.05) is 63.2 Å². The van der Waals surface area contributed by atoms with Gasteiger partial charge in [-0.25, -0.2) is 0 Å². The molecule has 0 unspecified atom stereocenters. The van der Waals surface area contributed by atoms with E-state index in [1.807, 2.05) is 61.2 Å². The summed E-state index contributed by atoms with van der Waals surface area (Å²) in [5, 5.41) is 4.80. The van der Waals surface area contributed by atoms with Gasteiger partial charge in [-0.3, -0.25) is 9.59 Å². The summed E-state index contributed by atoms with van der Waals surface area (Å²) in [5.74, 6) is 0.287. The lowest BCUT2D eigenvalue weighted by Crippen LogP contribution is -2.52. The average molecular weight is 471 g/mol. The molecule has 1 N–H and O–H groups in total. The van der Waals surface area contributed by atoms with Gasteiger partial charge in [0.15, 0.2) is 0 Å². The van der Waals surface area contributed by atoms with Gasteiger partial charge in [0, 0.05) is 22.8 Å². The van der Waals surface area contributed by atoms with Crippen LogP contribution in [0.1, 0.15) is 55.3 Å². The summed E-state index contributed by atoms with van der Waals surface area (Å²) in [4.78, 5) is 28.7. The number of rotatable bonds is 5. The van der Waals surface area contributed by atoms with Gasteiger partial charge in [0.1, 0.15) is 6.04 Å². The third-order valence-electron chi connectivity index (χ3n) is 6.02. The van der Waals surface area contributed by atoms with Crippen molar-refractivity contribution in [2.24, 2.45) is 5.92 Å². The van der Waals surface area contributed by atoms with E-state index < -0.39 is 6.04 Å². The fraction of sp³-hybridized carbons (Fsp3) is 0.385. The predicted octanol–water partition coefficient (Wildman–Crippen LogP) is 6.35. The number of hydrogen-bond donors (Lipinski definition) is 1. The molecule has 6 heteroatoms. The molecule has 3 aromatic rings. The minimum absolute atomic E-state index is 0. The van der Waals surface area contributed by atoms with Crippen molar-refractivity contribution in [3.05, 3.63) is 70.1 Å². The molecule has 0 aliphatic carbocycles. The molecular weight excluding hydrogens is 440 g/mol. The Hall–Kier alpha value is -2.37. The standard InChI is InChI=1S/C25H27ClN2O2S.CH4/c1-16(2)23(27-24(29)22-15-19-5-3-4-6-21(19)31-22)25(30)28-13-11-18(12-14-28)17-7-9-20(26)10-8-17;/h3-10,15-16,18,23H,11-14H2,1-2H3,(H,27,29);1H4/t23-;/m1./s1. The Morgan fingerprint density at radius 2 is 1.72 bits per heavy atom. The number of carbonyl (C=O) groups excluding carboxylic acids is 2. The van der Waals surface area contributed by atoms with Gasteiger partial charge in [0.05, 0.1) is 4.88 Å². The summed E-state index contributed by atoms with van der Waals surface area (Å²) in [6.07, 6.45) is 1.84. The average Bonchev–Trinajstić information content (AvgIpc) is 3.22. The summed E-state index contributed by atoms with van der Waals surface area (Å²) < 4.78 is 1.07. The highest BCUT2D eigenvalue weighted by Crippen LogP contribution is 2.30. The smallest absolute Gasteiger partial charge is 0.262 e. The Morgan fingerprint density at radius 1 is 1.06 bits per heavy atom. The number of nitrogens with one attached hydrogen (secondary N) is 1. The lowest BCUT2D eigenvalue weighted by molar-refractivity contribution is -0.135. The van der Waals surface area contributed by atoms with Gasteiger partial charge in [0.2, 0.25) is 5.91 Å². The predicted molar refractivity (Wildman–Crippen MR) is 135 cm³/mol. The summed E-state index contributed by atoms with van der Waals surface area (Å²) in [6, 6.07) is 17.3. The SMILES string of the molecule is C.CC(C)[C@@H](NC(=O)c1cc2ccccc2s1)C(=O)N1CCC(c2ccc(Cl)cc2)CC1. The molecule has 0 saturated carbocycles. The van der Waals surface area contributed by atoms with E-state index in [2.05, 4.69) is 17.4 Å². The van der Waals surface area contributed by atoms with Crippen LogP contribution >= 0.6 is 22.9 Å². The van der Waals surface area contributed by atoms with Crippen LogP contribution in [-0.4, -0.2) is 35.8 Å². The second kappa shape index (κ2) is 10.5. The first-order chi connectivity index (χ1) is 14.9. The fourth-order valence-corrected chi connectivity index (χ4v) is 5.28. The zero-order valence-electron chi connectivity index (χ0n) is 17.8. The molecule has 0 bridgehead atoms. The molecule has 2 aromatic carbocycles. The molecule has 0 radical (unpaired) electrons. The van der Waals surface area contributed by atoms with Gasteiger partial charge >= 0.3 is 0 Å². The minimum atomic E-state index is -0.523. The zero-order valence-corrected chi connectivity index (χ0v) is 19.4. The van der Waals surface area contributed by atoms with Crippen molar-refractivity contribution in [2.45, 2.75) is 46.1 Å². The van der Waals surface area contributed by atoms with Crippen LogP contribution < -0.4 is 5.32 Å². The van der Waals surface area contributed by atoms with Crippen molar-refractivity contribution in [2.75, 3.05) is 13.1 Å². The second-order valence-electron chi connectivity index (χ2n) is 8.49. The van der Waals surface area contributed by atoms with Gasteiger partial charge in [-0.2, -0.15) is 0 Å². The molecule has 1 atom stereocenters. The van der Waals surface area contributed by atoms with Gasteiger partial charge in [-0.05, 0) is 59.9 Å². The molecular formula is C26H31ClN2O2S. The highest BCUT2D eigenvalue weighted by atomic mass is 35.5. The van der Waals surface area contributed by atoms with Crippen molar-refractivity contribution < 1.29 is 9.59 Å². The minimum Gasteiger partial charge on any atom is -0.341 e. The van der Waals surface area contributed by atoms with Crippen LogP contribution in [0.25, 0.3) is 10.1 Å². The van der Waals surface area contributed by atoms with Gasteiger partial charge in [-0.15, -0.1) is 11.3 Å². The van der Waals surface area contributed by atoms with Crippen LogP contribution in [0.15, 0.2) is 54.6 Å². The van der Waals surface area contributed by atoms with Crippen molar-refractivity contribution in [3.8, 4) is 0 Å².